The highest BCUT2D eigenvalue weighted by Gasteiger charge is 2.20. The van der Waals surface area contributed by atoms with Gasteiger partial charge in [-0.25, -0.2) is 0 Å². The molecule has 0 spiro atoms. The standard InChI is InChI=1S/C18H20N2O3/c1-18(2,3)20-17(22)16(21)19-13-9-11-15(12-10-13)23-14-7-5-4-6-8-14/h4-12H,1-3H3,(H,19,21)(H,20,22). The largest absolute Gasteiger partial charge is 0.457 e. The molecule has 2 aromatic rings. The number of hydrogen-bond donors (Lipinski definition) is 2. The van der Waals surface area contributed by atoms with E-state index in [1.54, 1.807) is 24.3 Å². The van der Waals surface area contributed by atoms with E-state index in [0.29, 0.717) is 11.4 Å². The molecule has 0 heterocycles. The van der Waals surface area contributed by atoms with Crippen LogP contribution in [-0.4, -0.2) is 17.4 Å². The van der Waals surface area contributed by atoms with E-state index in [1.165, 1.54) is 0 Å². The van der Waals surface area contributed by atoms with Gasteiger partial charge in [0.2, 0.25) is 0 Å². The normalized spacial score (nSPS) is 10.7. The smallest absolute Gasteiger partial charge is 0.313 e. The molecule has 2 rings (SSSR count). The van der Waals surface area contributed by atoms with E-state index in [0.717, 1.165) is 5.75 Å². The number of carbonyl (C=O) groups is 2. The molecule has 0 aliphatic carbocycles. The van der Waals surface area contributed by atoms with Crippen molar-refractivity contribution in [3.05, 3.63) is 54.6 Å². The minimum Gasteiger partial charge on any atom is -0.457 e. The molecule has 0 saturated carbocycles. The van der Waals surface area contributed by atoms with Crippen molar-refractivity contribution in [1.82, 2.24) is 5.32 Å². The summed E-state index contributed by atoms with van der Waals surface area (Å²) in [4.78, 5) is 23.5. The van der Waals surface area contributed by atoms with E-state index in [-0.39, 0.29) is 0 Å². The van der Waals surface area contributed by atoms with Crippen molar-refractivity contribution in [2.45, 2.75) is 26.3 Å². The van der Waals surface area contributed by atoms with Gasteiger partial charge < -0.3 is 15.4 Å². The number of ether oxygens (including phenoxy) is 1. The zero-order chi connectivity index (χ0) is 16.9. The van der Waals surface area contributed by atoms with Crippen molar-refractivity contribution in [2.75, 3.05) is 5.32 Å². The Morgan fingerprint density at radius 3 is 1.96 bits per heavy atom. The fourth-order valence-electron chi connectivity index (χ4n) is 1.82. The van der Waals surface area contributed by atoms with Gasteiger partial charge in [-0.3, -0.25) is 9.59 Å². The fourth-order valence-corrected chi connectivity index (χ4v) is 1.82. The van der Waals surface area contributed by atoms with Crippen LogP contribution in [0, 0.1) is 0 Å². The summed E-state index contributed by atoms with van der Waals surface area (Å²) < 4.78 is 5.66. The van der Waals surface area contributed by atoms with Crippen LogP contribution in [0.4, 0.5) is 5.69 Å². The molecule has 0 bridgehead atoms. The first-order valence-corrected chi connectivity index (χ1v) is 7.30. The average molecular weight is 312 g/mol. The quantitative estimate of drug-likeness (QED) is 0.854. The maximum Gasteiger partial charge on any atom is 0.313 e. The highest BCUT2D eigenvalue weighted by Crippen LogP contribution is 2.22. The summed E-state index contributed by atoms with van der Waals surface area (Å²) in [6.45, 7) is 5.44. The molecule has 2 amide bonds. The molecule has 23 heavy (non-hydrogen) atoms. The lowest BCUT2D eigenvalue weighted by molar-refractivity contribution is -0.137. The molecule has 0 saturated heterocycles. The zero-order valence-corrected chi connectivity index (χ0v) is 13.4. The van der Waals surface area contributed by atoms with Gasteiger partial charge >= 0.3 is 11.8 Å². The second-order valence-corrected chi connectivity index (χ2v) is 6.10. The number of carbonyl (C=O) groups excluding carboxylic acids is 2. The SMILES string of the molecule is CC(C)(C)NC(=O)C(=O)Nc1ccc(Oc2ccccc2)cc1. The number of amides is 2. The molecule has 5 nitrogen and oxygen atoms in total. The zero-order valence-electron chi connectivity index (χ0n) is 13.4. The number of benzene rings is 2. The van der Waals surface area contributed by atoms with Crippen molar-refractivity contribution in [3.63, 3.8) is 0 Å². The predicted octanol–water partition coefficient (Wildman–Crippen LogP) is 3.33. The number of rotatable bonds is 3. The van der Waals surface area contributed by atoms with Gasteiger partial charge in [-0.15, -0.1) is 0 Å². The Morgan fingerprint density at radius 2 is 1.39 bits per heavy atom. The van der Waals surface area contributed by atoms with Gasteiger partial charge in [0.1, 0.15) is 11.5 Å². The van der Waals surface area contributed by atoms with E-state index >= 15 is 0 Å². The fraction of sp³-hybridized carbons (Fsp3) is 0.222. The number of para-hydroxylation sites is 1. The molecular formula is C18H20N2O3. The van der Waals surface area contributed by atoms with Gasteiger partial charge in [-0.05, 0) is 57.2 Å². The molecule has 0 unspecified atom stereocenters. The van der Waals surface area contributed by atoms with Crippen LogP contribution in [0.15, 0.2) is 54.6 Å². The van der Waals surface area contributed by atoms with Gasteiger partial charge in [0, 0.05) is 11.2 Å². The van der Waals surface area contributed by atoms with Gasteiger partial charge in [0.15, 0.2) is 0 Å². The molecule has 0 aromatic heterocycles. The number of hydrogen-bond acceptors (Lipinski definition) is 3. The second kappa shape index (κ2) is 6.96. The third-order valence-corrected chi connectivity index (χ3v) is 2.79. The Morgan fingerprint density at radius 1 is 0.826 bits per heavy atom. The molecule has 2 aromatic carbocycles. The summed E-state index contributed by atoms with van der Waals surface area (Å²) >= 11 is 0. The van der Waals surface area contributed by atoms with Crippen LogP contribution < -0.4 is 15.4 Å². The Hall–Kier alpha value is -2.82. The maximum absolute atomic E-state index is 11.8. The maximum atomic E-state index is 11.8. The van der Waals surface area contributed by atoms with Crippen LogP contribution in [0.2, 0.25) is 0 Å². The second-order valence-electron chi connectivity index (χ2n) is 6.10. The first-order chi connectivity index (χ1) is 10.8. The molecule has 0 fully saturated rings. The van der Waals surface area contributed by atoms with Crippen molar-refractivity contribution < 1.29 is 14.3 Å². The van der Waals surface area contributed by atoms with Crippen molar-refractivity contribution in [2.24, 2.45) is 0 Å². The third kappa shape index (κ3) is 5.47. The summed E-state index contributed by atoms with van der Waals surface area (Å²) in [5.74, 6) is 0.0148. The minimum atomic E-state index is -0.698. The van der Waals surface area contributed by atoms with Gasteiger partial charge in [-0.1, -0.05) is 18.2 Å². The van der Waals surface area contributed by atoms with Crippen LogP contribution in [0.3, 0.4) is 0 Å². The van der Waals surface area contributed by atoms with Crippen molar-refractivity contribution in [3.8, 4) is 11.5 Å². The van der Waals surface area contributed by atoms with E-state index in [9.17, 15) is 9.59 Å². The van der Waals surface area contributed by atoms with Crippen molar-refractivity contribution in [1.29, 1.82) is 0 Å². The van der Waals surface area contributed by atoms with Crippen molar-refractivity contribution >= 4 is 17.5 Å². The van der Waals surface area contributed by atoms with E-state index in [4.69, 9.17) is 4.74 Å². The molecule has 0 aliphatic rings. The molecule has 0 aliphatic heterocycles. The first kappa shape index (κ1) is 16.5. The Balaban J connectivity index is 1.95. The van der Waals surface area contributed by atoms with Crippen LogP contribution in [0.25, 0.3) is 0 Å². The van der Waals surface area contributed by atoms with Crippen LogP contribution in [-0.2, 0) is 9.59 Å². The monoisotopic (exact) mass is 312 g/mol. The summed E-state index contributed by atoms with van der Waals surface area (Å²) in [6, 6.07) is 16.2. The van der Waals surface area contributed by atoms with Gasteiger partial charge in [0.05, 0.1) is 0 Å². The highest BCUT2D eigenvalue weighted by atomic mass is 16.5. The van der Waals surface area contributed by atoms with E-state index in [1.807, 2.05) is 51.1 Å². The third-order valence-electron chi connectivity index (χ3n) is 2.79. The highest BCUT2D eigenvalue weighted by molar-refractivity contribution is 6.39. The number of nitrogens with one attached hydrogen (secondary N) is 2. The lowest BCUT2D eigenvalue weighted by Crippen LogP contribution is -2.46. The predicted molar refractivity (Wildman–Crippen MR) is 89.5 cm³/mol. The lowest BCUT2D eigenvalue weighted by atomic mass is 10.1. The van der Waals surface area contributed by atoms with Gasteiger partial charge in [0.25, 0.3) is 0 Å². The molecular weight excluding hydrogens is 292 g/mol. The summed E-state index contributed by atoms with van der Waals surface area (Å²) in [5.41, 5.74) is 0.0707. The Bertz CT molecular complexity index is 674. The van der Waals surface area contributed by atoms with E-state index < -0.39 is 17.4 Å². The summed E-state index contributed by atoms with van der Waals surface area (Å²) in [6.07, 6.45) is 0. The van der Waals surface area contributed by atoms with E-state index in [2.05, 4.69) is 10.6 Å². The van der Waals surface area contributed by atoms with Gasteiger partial charge in [-0.2, -0.15) is 0 Å². The molecule has 2 N–H and O–H groups in total. The molecule has 120 valence electrons. The Labute approximate surface area is 135 Å². The molecule has 0 atom stereocenters. The first-order valence-electron chi connectivity index (χ1n) is 7.30. The van der Waals surface area contributed by atoms with Crippen LogP contribution in [0.1, 0.15) is 20.8 Å². The topological polar surface area (TPSA) is 67.4 Å². The van der Waals surface area contributed by atoms with Crippen LogP contribution in [0.5, 0.6) is 11.5 Å². The average Bonchev–Trinajstić information content (AvgIpc) is 2.48. The summed E-state index contributed by atoms with van der Waals surface area (Å²) in [7, 11) is 0. The lowest BCUT2D eigenvalue weighted by Gasteiger charge is -2.19. The summed E-state index contributed by atoms with van der Waals surface area (Å²) in [5, 5.41) is 5.16. The number of anilines is 1. The molecule has 0 radical (unpaired) electrons. The van der Waals surface area contributed by atoms with Crippen LogP contribution >= 0.6 is 0 Å². The minimum absolute atomic E-state index is 0.457. The Kier molecular flexibility index (Phi) is 5.01. The molecule has 5 heteroatoms.